The topological polar surface area (TPSA) is 34.1 Å². The van der Waals surface area contributed by atoms with Gasteiger partial charge in [-0.15, -0.1) is 0 Å². The fourth-order valence-electron chi connectivity index (χ4n) is 3.13. The molecular weight excluding hydrogens is 164 g/mol. The summed E-state index contributed by atoms with van der Waals surface area (Å²) in [6.07, 6.45) is 7.60. The molecule has 0 aromatic carbocycles. The summed E-state index contributed by atoms with van der Waals surface area (Å²) in [7, 11) is 0. The third-order valence-electron chi connectivity index (χ3n) is 3.87. The Morgan fingerprint density at radius 2 is 1.77 bits per heavy atom. The monoisotopic (exact) mass is 180 g/mol. The van der Waals surface area contributed by atoms with Crippen molar-refractivity contribution in [3.63, 3.8) is 0 Å². The third-order valence-corrected chi connectivity index (χ3v) is 3.87. The Kier molecular flexibility index (Phi) is 2.47. The first-order valence-electron chi connectivity index (χ1n) is 5.25. The van der Waals surface area contributed by atoms with Gasteiger partial charge in [-0.1, -0.05) is 0 Å². The number of carbonyl (C=O) groups is 2. The summed E-state index contributed by atoms with van der Waals surface area (Å²) in [6.45, 7) is 0. The lowest BCUT2D eigenvalue weighted by molar-refractivity contribution is -0.113. The van der Waals surface area contributed by atoms with Crippen molar-refractivity contribution in [3.05, 3.63) is 0 Å². The zero-order chi connectivity index (χ0) is 9.26. The molecule has 0 saturated heterocycles. The van der Waals surface area contributed by atoms with E-state index in [1.54, 1.807) is 0 Å². The van der Waals surface area contributed by atoms with Crippen molar-refractivity contribution < 1.29 is 9.59 Å². The van der Waals surface area contributed by atoms with E-state index in [0.29, 0.717) is 17.8 Å². The van der Waals surface area contributed by atoms with Crippen LogP contribution in [0.15, 0.2) is 0 Å². The van der Waals surface area contributed by atoms with Crippen LogP contribution in [-0.4, -0.2) is 12.6 Å². The Balaban J connectivity index is 2.01. The normalized spacial score (nSPS) is 44.0. The SMILES string of the molecule is O=CC1CCC2C(C=O)CCC2C1. The van der Waals surface area contributed by atoms with Crippen molar-refractivity contribution in [1.29, 1.82) is 0 Å². The van der Waals surface area contributed by atoms with Gasteiger partial charge in [0.2, 0.25) is 0 Å². The molecule has 4 atom stereocenters. The molecule has 0 radical (unpaired) electrons. The zero-order valence-corrected chi connectivity index (χ0v) is 7.82. The van der Waals surface area contributed by atoms with Crippen LogP contribution >= 0.6 is 0 Å². The van der Waals surface area contributed by atoms with Crippen LogP contribution in [0.1, 0.15) is 32.1 Å². The molecule has 0 aliphatic heterocycles. The van der Waals surface area contributed by atoms with Crippen molar-refractivity contribution >= 4 is 12.6 Å². The predicted octanol–water partition coefficient (Wildman–Crippen LogP) is 1.83. The predicted molar refractivity (Wildman–Crippen MR) is 49.2 cm³/mol. The van der Waals surface area contributed by atoms with Crippen molar-refractivity contribution in [3.8, 4) is 0 Å². The molecule has 0 aromatic heterocycles. The molecule has 13 heavy (non-hydrogen) atoms. The van der Waals surface area contributed by atoms with Crippen LogP contribution in [-0.2, 0) is 9.59 Å². The van der Waals surface area contributed by atoms with E-state index < -0.39 is 0 Å². The van der Waals surface area contributed by atoms with E-state index >= 15 is 0 Å². The summed E-state index contributed by atoms with van der Waals surface area (Å²) < 4.78 is 0. The maximum absolute atomic E-state index is 10.7. The molecule has 2 saturated carbocycles. The van der Waals surface area contributed by atoms with Gasteiger partial charge in [-0.05, 0) is 43.9 Å². The second kappa shape index (κ2) is 3.60. The second-order valence-electron chi connectivity index (χ2n) is 4.51. The fraction of sp³-hybridized carbons (Fsp3) is 0.818. The second-order valence-corrected chi connectivity index (χ2v) is 4.51. The minimum absolute atomic E-state index is 0.284. The summed E-state index contributed by atoms with van der Waals surface area (Å²) in [5.74, 6) is 1.86. The Bertz CT molecular complexity index is 212. The van der Waals surface area contributed by atoms with E-state index in [9.17, 15) is 9.59 Å². The molecule has 2 nitrogen and oxygen atoms in total. The summed E-state index contributed by atoms with van der Waals surface area (Å²) in [5, 5.41) is 0. The number of aldehydes is 2. The molecule has 2 aliphatic rings. The number of hydrogen-bond donors (Lipinski definition) is 0. The van der Waals surface area contributed by atoms with Gasteiger partial charge < -0.3 is 9.59 Å². The van der Waals surface area contributed by atoms with Gasteiger partial charge in [-0.25, -0.2) is 0 Å². The molecule has 0 heterocycles. The van der Waals surface area contributed by atoms with E-state index in [-0.39, 0.29) is 5.92 Å². The number of carbonyl (C=O) groups excluding carboxylic acids is 2. The Morgan fingerprint density at radius 1 is 0.923 bits per heavy atom. The molecule has 0 amide bonds. The van der Waals surface area contributed by atoms with Crippen molar-refractivity contribution in [2.45, 2.75) is 32.1 Å². The van der Waals surface area contributed by atoms with Gasteiger partial charge in [0, 0.05) is 11.8 Å². The van der Waals surface area contributed by atoms with E-state index in [1.807, 2.05) is 0 Å². The summed E-state index contributed by atoms with van der Waals surface area (Å²) >= 11 is 0. The van der Waals surface area contributed by atoms with Crippen LogP contribution in [0.4, 0.5) is 0 Å². The lowest BCUT2D eigenvalue weighted by atomic mass is 9.74. The highest BCUT2D eigenvalue weighted by atomic mass is 16.1. The van der Waals surface area contributed by atoms with Crippen LogP contribution in [0, 0.1) is 23.7 Å². The van der Waals surface area contributed by atoms with Crippen LogP contribution in [0.5, 0.6) is 0 Å². The number of hydrogen-bond acceptors (Lipinski definition) is 2. The van der Waals surface area contributed by atoms with Crippen LogP contribution in [0.25, 0.3) is 0 Å². The Morgan fingerprint density at radius 3 is 2.46 bits per heavy atom. The minimum atomic E-state index is 0.284. The standard InChI is InChI=1S/C11H16O2/c12-6-8-1-4-11-9(5-8)2-3-10(11)7-13/h6-11H,1-5H2. The van der Waals surface area contributed by atoms with Crippen LogP contribution in [0.3, 0.4) is 0 Å². The maximum atomic E-state index is 10.7. The summed E-state index contributed by atoms with van der Waals surface area (Å²) in [4.78, 5) is 21.4. The van der Waals surface area contributed by atoms with E-state index in [4.69, 9.17) is 0 Å². The third kappa shape index (κ3) is 1.54. The lowest BCUT2D eigenvalue weighted by Gasteiger charge is -2.30. The highest BCUT2D eigenvalue weighted by molar-refractivity contribution is 5.56. The van der Waals surface area contributed by atoms with E-state index in [1.165, 1.54) is 6.42 Å². The minimum Gasteiger partial charge on any atom is -0.303 e. The van der Waals surface area contributed by atoms with Crippen molar-refractivity contribution in [2.75, 3.05) is 0 Å². The molecule has 4 unspecified atom stereocenters. The largest absolute Gasteiger partial charge is 0.303 e. The van der Waals surface area contributed by atoms with Gasteiger partial charge in [0.25, 0.3) is 0 Å². The fourth-order valence-corrected chi connectivity index (χ4v) is 3.13. The maximum Gasteiger partial charge on any atom is 0.123 e. The lowest BCUT2D eigenvalue weighted by Crippen LogP contribution is -2.25. The average molecular weight is 180 g/mol. The van der Waals surface area contributed by atoms with E-state index in [0.717, 1.165) is 38.3 Å². The quantitative estimate of drug-likeness (QED) is 0.607. The molecule has 72 valence electrons. The zero-order valence-electron chi connectivity index (χ0n) is 7.82. The van der Waals surface area contributed by atoms with Gasteiger partial charge in [0.15, 0.2) is 0 Å². The summed E-state index contributed by atoms with van der Waals surface area (Å²) in [6, 6.07) is 0. The first-order chi connectivity index (χ1) is 6.35. The highest BCUT2D eigenvalue weighted by Crippen LogP contribution is 2.46. The summed E-state index contributed by atoms with van der Waals surface area (Å²) in [5.41, 5.74) is 0. The van der Waals surface area contributed by atoms with Crippen molar-refractivity contribution in [1.82, 2.24) is 0 Å². The average Bonchev–Trinajstić information content (AvgIpc) is 2.59. The Hall–Kier alpha value is -0.660. The molecule has 0 N–H and O–H groups in total. The Labute approximate surface area is 78.7 Å². The molecule has 2 aliphatic carbocycles. The van der Waals surface area contributed by atoms with Gasteiger partial charge in [-0.3, -0.25) is 0 Å². The molecule has 2 fully saturated rings. The molecule has 0 spiro atoms. The number of rotatable bonds is 2. The first kappa shape index (κ1) is 8.92. The van der Waals surface area contributed by atoms with Crippen LogP contribution < -0.4 is 0 Å². The highest BCUT2D eigenvalue weighted by Gasteiger charge is 2.39. The molecule has 0 aromatic rings. The molecular formula is C11H16O2. The van der Waals surface area contributed by atoms with Gasteiger partial charge >= 0.3 is 0 Å². The molecule has 2 heteroatoms. The van der Waals surface area contributed by atoms with Gasteiger partial charge in [0.1, 0.15) is 12.6 Å². The number of fused-ring (bicyclic) bond motifs is 1. The smallest absolute Gasteiger partial charge is 0.123 e. The van der Waals surface area contributed by atoms with Gasteiger partial charge in [-0.2, -0.15) is 0 Å². The van der Waals surface area contributed by atoms with Crippen molar-refractivity contribution in [2.24, 2.45) is 23.7 Å². The van der Waals surface area contributed by atoms with Crippen LogP contribution in [0.2, 0.25) is 0 Å². The van der Waals surface area contributed by atoms with E-state index in [2.05, 4.69) is 0 Å². The first-order valence-corrected chi connectivity index (χ1v) is 5.25. The molecule has 0 bridgehead atoms. The van der Waals surface area contributed by atoms with Gasteiger partial charge in [0.05, 0.1) is 0 Å². The molecule has 2 rings (SSSR count).